The fourth-order valence-corrected chi connectivity index (χ4v) is 2.19. The molecule has 0 amide bonds. The van der Waals surface area contributed by atoms with E-state index in [1.54, 1.807) is 6.20 Å². The van der Waals surface area contributed by atoms with Gasteiger partial charge < -0.3 is 11.1 Å². The van der Waals surface area contributed by atoms with Gasteiger partial charge in [0.1, 0.15) is 0 Å². The Hall–Kier alpha value is -2.29. The molecule has 1 aromatic carbocycles. The topological polar surface area (TPSA) is 50.9 Å². The molecule has 0 saturated heterocycles. The lowest BCUT2D eigenvalue weighted by Gasteiger charge is -2.16. The van der Waals surface area contributed by atoms with E-state index >= 15 is 0 Å². The fourth-order valence-electron chi connectivity index (χ4n) is 2.19. The summed E-state index contributed by atoms with van der Waals surface area (Å²) < 4.78 is 0. The van der Waals surface area contributed by atoms with Crippen molar-refractivity contribution in [3.05, 3.63) is 54.0 Å². The number of dihydropyridines is 1. The molecule has 0 fully saturated rings. The second-order valence-corrected chi connectivity index (χ2v) is 4.56. The number of fused-ring (bicyclic) bond motifs is 1. The Morgan fingerprint density at radius 1 is 1.28 bits per heavy atom. The molecule has 3 heteroatoms. The zero-order chi connectivity index (χ0) is 12.5. The van der Waals surface area contributed by atoms with E-state index in [-0.39, 0.29) is 0 Å². The number of hydrogen-bond acceptors (Lipinski definition) is 3. The minimum atomic E-state index is 0.780. The maximum absolute atomic E-state index is 6.09. The Bertz CT molecular complexity index is 668. The van der Waals surface area contributed by atoms with Gasteiger partial charge in [-0.3, -0.25) is 4.98 Å². The van der Waals surface area contributed by atoms with Crippen molar-refractivity contribution in [3.8, 4) is 0 Å². The Morgan fingerprint density at radius 2 is 2.17 bits per heavy atom. The lowest BCUT2D eigenvalue weighted by molar-refractivity contribution is 0.903. The molecule has 2 heterocycles. The predicted molar refractivity (Wildman–Crippen MR) is 75.9 cm³/mol. The summed E-state index contributed by atoms with van der Waals surface area (Å²) in [5, 5.41) is 5.48. The van der Waals surface area contributed by atoms with Gasteiger partial charge in [0.25, 0.3) is 0 Å². The highest BCUT2D eigenvalue weighted by Crippen LogP contribution is 2.27. The molecule has 2 aromatic rings. The molecule has 0 atom stereocenters. The van der Waals surface area contributed by atoms with Gasteiger partial charge in [-0.05, 0) is 47.7 Å². The van der Waals surface area contributed by atoms with E-state index in [0.29, 0.717) is 0 Å². The first-order valence-electron chi connectivity index (χ1n) is 5.99. The number of pyridine rings is 1. The molecule has 3 rings (SSSR count). The van der Waals surface area contributed by atoms with Crippen LogP contribution in [0.25, 0.3) is 16.3 Å². The fraction of sp³-hybridized carbons (Fsp3) is 0.133. The Morgan fingerprint density at radius 3 is 2.94 bits per heavy atom. The Labute approximate surface area is 106 Å². The van der Waals surface area contributed by atoms with Crippen molar-refractivity contribution in [2.24, 2.45) is 0 Å². The molecule has 3 nitrogen and oxygen atoms in total. The number of nitrogens with two attached hydrogens (primary N) is 1. The van der Waals surface area contributed by atoms with Crippen LogP contribution >= 0.6 is 0 Å². The van der Waals surface area contributed by atoms with Crippen LogP contribution in [0.1, 0.15) is 12.5 Å². The molecule has 3 N–H and O–H groups in total. The highest BCUT2D eigenvalue weighted by atomic mass is 14.9. The molecule has 1 aliphatic heterocycles. The second kappa shape index (κ2) is 4.18. The van der Waals surface area contributed by atoms with Crippen LogP contribution in [0.2, 0.25) is 0 Å². The van der Waals surface area contributed by atoms with Crippen LogP contribution < -0.4 is 11.1 Å². The van der Waals surface area contributed by atoms with Crippen molar-refractivity contribution in [1.82, 2.24) is 10.3 Å². The number of nitrogens with one attached hydrogen (secondary N) is 1. The first-order valence-corrected chi connectivity index (χ1v) is 5.99. The highest BCUT2D eigenvalue weighted by molar-refractivity contribution is 5.95. The van der Waals surface area contributed by atoms with E-state index in [0.717, 1.165) is 23.0 Å². The van der Waals surface area contributed by atoms with Crippen molar-refractivity contribution in [2.45, 2.75) is 6.92 Å². The predicted octanol–water partition coefficient (Wildman–Crippen LogP) is 2.71. The number of anilines is 1. The van der Waals surface area contributed by atoms with Gasteiger partial charge in [-0.15, -0.1) is 0 Å². The van der Waals surface area contributed by atoms with Crippen molar-refractivity contribution in [3.63, 3.8) is 0 Å². The number of benzene rings is 1. The number of rotatable bonds is 1. The van der Waals surface area contributed by atoms with Gasteiger partial charge in [0, 0.05) is 35.7 Å². The highest BCUT2D eigenvalue weighted by Gasteiger charge is 2.08. The summed E-state index contributed by atoms with van der Waals surface area (Å²) in [4.78, 5) is 4.11. The molecular formula is C15H15N3. The molecule has 18 heavy (non-hydrogen) atoms. The largest absolute Gasteiger partial charge is 0.398 e. The maximum Gasteiger partial charge on any atom is 0.0415 e. The summed E-state index contributed by atoms with van der Waals surface area (Å²) in [6.45, 7) is 2.91. The number of aromatic nitrogens is 1. The van der Waals surface area contributed by atoms with E-state index in [4.69, 9.17) is 5.73 Å². The van der Waals surface area contributed by atoms with Crippen molar-refractivity contribution in [1.29, 1.82) is 0 Å². The van der Waals surface area contributed by atoms with Crippen LogP contribution in [0, 0.1) is 0 Å². The lowest BCUT2D eigenvalue weighted by Crippen LogP contribution is -2.17. The SMILES string of the molecule is CC1=CC=C(c2cc(N)c3cnccc3c2)CN1. The van der Waals surface area contributed by atoms with Gasteiger partial charge >= 0.3 is 0 Å². The lowest BCUT2D eigenvalue weighted by atomic mass is 9.99. The van der Waals surface area contributed by atoms with Crippen molar-refractivity contribution < 1.29 is 0 Å². The standard InChI is InChI=1S/C15H15N3/c1-10-2-3-12(8-18-10)13-6-11-4-5-17-9-14(11)15(16)7-13/h2-7,9,18H,8,16H2,1H3. The van der Waals surface area contributed by atoms with Gasteiger partial charge in [0.05, 0.1) is 0 Å². The van der Waals surface area contributed by atoms with Gasteiger partial charge in [-0.1, -0.05) is 6.08 Å². The average Bonchev–Trinajstić information content (AvgIpc) is 2.39. The number of nitrogens with zero attached hydrogens (tertiary/aromatic N) is 1. The van der Waals surface area contributed by atoms with Crippen molar-refractivity contribution in [2.75, 3.05) is 12.3 Å². The first kappa shape index (κ1) is 10.8. The summed E-state index contributed by atoms with van der Waals surface area (Å²) in [6, 6.07) is 6.18. The van der Waals surface area contributed by atoms with Crippen molar-refractivity contribution >= 4 is 22.0 Å². The summed E-state index contributed by atoms with van der Waals surface area (Å²) >= 11 is 0. The molecule has 0 saturated carbocycles. The van der Waals surface area contributed by atoms with E-state index in [1.165, 1.54) is 16.8 Å². The molecule has 0 unspecified atom stereocenters. The molecule has 90 valence electrons. The number of nitrogen functional groups attached to an aromatic ring is 1. The smallest absolute Gasteiger partial charge is 0.0415 e. The third kappa shape index (κ3) is 1.84. The van der Waals surface area contributed by atoms with Crippen LogP contribution in [0.5, 0.6) is 0 Å². The molecule has 1 aromatic heterocycles. The zero-order valence-corrected chi connectivity index (χ0v) is 10.3. The quantitative estimate of drug-likeness (QED) is 0.750. The number of allylic oxidation sites excluding steroid dienone is 3. The molecular weight excluding hydrogens is 222 g/mol. The number of hydrogen-bond donors (Lipinski definition) is 2. The third-order valence-electron chi connectivity index (χ3n) is 3.25. The van der Waals surface area contributed by atoms with E-state index in [9.17, 15) is 0 Å². The summed E-state index contributed by atoms with van der Waals surface area (Å²) in [6.07, 6.45) is 7.84. The normalized spacial score (nSPS) is 14.9. The Kier molecular flexibility index (Phi) is 2.52. The first-order chi connectivity index (χ1) is 8.74. The van der Waals surface area contributed by atoms with Gasteiger partial charge in [-0.2, -0.15) is 0 Å². The average molecular weight is 237 g/mol. The summed E-state index contributed by atoms with van der Waals surface area (Å²) in [7, 11) is 0. The summed E-state index contributed by atoms with van der Waals surface area (Å²) in [5.41, 5.74) is 10.5. The van der Waals surface area contributed by atoms with Crippen LogP contribution in [0.3, 0.4) is 0 Å². The second-order valence-electron chi connectivity index (χ2n) is 4.56. The molecule has 0 radical (unpaired) electrons. The molecule has 1 aliphatic rings. The summed E-state index contributed by atoms with van der Waals surface area (Å²) in [5.74, 6) is 0. The van der Waals surface area contributed by atoms with E-state index in [1.807, 2.05) is 18.3 Å². The van der Waals surface area contributed by atoms with Crippen LogP contribution in [0.4, 0.5) is 5.69 Å². The monoisotopic (exact) mass is 237 g/mol. The van der Waals surface area contributed by atoms with Gasteiger partial charge in [0.15, 0.2) is 0 Å². The van der Waals surface area contributed by atoms with Gasteiger partial charge in [0.2, 0.25) is 0 Å². The maximum atomic E-state index is 6.09. The molecule has 0 aliphatic carbocycles. The third-order valence-corrected chi connectivity index (χ3v) is 3.25. The van der Waals surface area contributed by atoms with E-state index in [2.05, 4.69) is 35.4 Å². The molecule has 0 spiro atoms. The minimum Gasteiger partial charge on any atom is -0.398 e. The molecule has 0 bridgehead atoms. The van der Waals surface area contributed by atoms with Gasteiger partial charge in [-0.25, -0.2) is 0 Å². The Balaban J connectivity index is 2.14. The van der Waals surface area contributed by atoms with Crippen LogP contribution in [0.15, 0.2) is 48.4 Å². The van der Waals surface area contributed by atoms with Crippen LogP contribution in [-0.2, 0) is 0 Å². The zero-order valence-electron chi connectivity index (χ0n) is 10.3. The minimum absolute atomic E-state index is 0.780. The van der Waals surface area contributed by atoms with E-state index < -0.39 is 0 Å². The van der Waals surface area contributed by atoms with Crippen LogP contribution in [-0.4, -0.2) is 11.5 Å².